The third-order valence-electron chi connectivity index (χ3n) is 7.66. The molecular formula is C39H56N8O6. The molecule has 288 valence electrons. The van der Waals surface area contributed by atoms with Crippen LogP contribution in [0.5, 0.6) is 0 Å². The number of piperazine rings is 1. The second-order valence-corrected chi connectivity index (χ2v) is 16.1. The van der Waals surface area contributed by atoms with Gasteiger partial charge in [0.05, 0.1) is 24.5 Å². The maximum atomic E-state index is 13.0. The van der Waals surface area contributed by atoms with Crippen LogP contribution in [0.3, 0.4) is 0 Å². The van der Waals surface area contributed by atoms with E-state index in [0.29, 0.717) is 23.9 Å². The van der Waals surface area contributed by atoms with Gasteiger partial charge in [0.15, 0.2) is 0 Å². The molecule has 1 aliphatic heterocycles. The molecule has 2 amide bonds. The van der Waals surface area contributed by atoms with Crippen molar-refractivity contribution >= 4 is 29.8 Å². The molecule has 14 nitrogen and oxygen atoms in total. The predicted molar refractivity (Wildman–Crippen MR) is 203 cm³/mol. The number of alkyl carbamates (subject to hydrolysis) is 1. The third kappa shape index (κ3) is 15.0. The van der Waals surface area contributed by atoms with Crippen LogP contribution in [0.25, 0.3) is 11.3 Å². The van der Waals surface area contributed by atoms with Crippen LogP contribution < -0.4 is 10.6 Å². The molecule has 0 spiro atoms. The number of rotatable bonds is 12. The van der Waals surface area contributed by atoms with E-state index in [0.717, 1.165) is 49.5 Å². The summed E-state index contributed by atoms with van der Waals surface area (Å²) in [7, 11) is 0. The van der Waals surface area contributed by atoms with Gasteiger partial charge in [-0.3, -0.25) is 19.6 Å². The van der Waals surface area contributed by atoms with Crippen LogP contribution in [0.2, 0.25) is 0 Å². The Morgan fingerprint density at radius 3 is 2.13 bits per heavy atom. The highest BCUT2D eigenvalue weighted by Crippen LogP contribution is 2.22. The lowest BCUT2D eigenvalue weighted by Crippen LogP contribution is -2.48. The van der Waals surface area contributed by atoms with E-state index in [-0.39, 0.29) is 25.6 Å². The summed E-state index contributed by atoms with van der Waals surface area (Å²) in [5, 5.41) is 6.02. The van der Waals surface area contributed by atoms with E-state index in [1.54, 1.807) is 53.9 Å². The number of pyridine rings is 1. The molecule has 53 heavy (non-hydrogen) atoms. The number of anilines is 2. The van der Waals surface area contributed by atoms with E-state index in [2.05, 4.69) is 42.5 Å². The Bertz CT molecular complexity index is 1670. The van der Waals surface area contributed by atoms with Crippen LogP contribution in [-0.4, -0.2) is 110 Å². The molecule has 3 heterocycles. The fraction of sp³-hybridized carbons (Fsp3) is 0.538. The Kier molecular flexibility index (Phi) is 13.8. The number of carbonyl (C=O) groups excluding carboxylic acids is 3. The van der Waals surface area contributed by atoms with Crippen LogP contribution in [0, 0.1) is 0 Å². The lowest BCUT2D eigenvalue weighted by molar-refractivity contribution is -0.156. The highest BCUT2D eigenvalue weighted by Gasteiger charge is 2.25. The molecule has 0 radical (unpaired) electrons. The molecule has 0 aliphatic carbocycles. The monoisotopic (exact) mass is 732 g/mol. The summed E-state index contributed by atoms with van der Waals surface area (Å²) in [6.07, 6.45) is 2.34. The lowest BCUT2D eigenvalue weighted by Gasteiger charge is -2.34. The average Bonchev–Trinajstić information content (AvgIpc) is 3.03. The van der Waals surface area contributed by atoms with Crippen molar-refractivity contribution in [3.63, 3.8) is 0 Å². The summed E-state index contributed by atoms with van der Waals surface area (Å²) >= 11 is 0. The Labute approximate surface area is 313 Å². The number of carbonyl (C=O) groups is 3. The van der Waals surface area contributed by atoms with Gasteiger partial charge in [-0.2, -0.15) is 0 Å². The molecule has 14 heteroatoms. The number of nitrogens with one attached hydrogen (secondary N) is 2. The summed E-state index contributed by atoms with van der Waals surface area (Å²) in [4.78, 5) is 57.2. The molecule has 2 N–H and O–H groups in total. The first-order chi connectivity index (χ1) is 24.8. The molecule has 3 aromatic rings. The van der Waals surface area contributed by atoms with Gasteiger partial charge in [-0.05, 0) is 98.2 Å². The summed E-state index contributed by atoms with van der Waals surface area (Å²) in [6.45, 7) is 21.4. The van der Waals surface area contributed by atoms with Gasteiger partial charge in [0.1, 0.15) is 16.8 Å². The van der Waals surface area contributed by atoms with Gasteiger partial charge < -0.3 is 29.7 Å². The van der Waals surface area contributed by atoms with E-state index in [4.69, 9.17) is 19.2 Å². The van der Waals surface area contributed by atoms with Crippen LogP contribution in [-0.2, 0) is 32.1 Å². The SMILES string of the molecule is CC(C)(C)OC(=O)CN1CCN(Cc2cccc(Nc3nccc(-c4ccc(CN(CCNC(=O)OC(C)(C)C)C(=O)OC(C)(C)C)nc4)n3)c2)CC1. The quantitative estimate of drug-likeness (QED) is 0.166. The first-order valence-electron chi connectivity index (χ1n) is 18.1. The number of hydrogen-bond donors (Lipinski definition) is 2. The summed E-state index contributed by atoms with van der Waals surface area (Å²) in [5.41, 5.74) is 2.36. The van der Waals surface area contributed by atoms with E-state index in [9.17, 15) is 14.4 Å². The number of esters is 1. The lowest BCUT2D eigenvalue weighted by atomic mass is 10.1. The van der Waals surface area contributed by atoms with Crippen molar-refractivity contribution in [1.82, 2.24) is 35.0 Å². The number of amides is 2. The van der Waals surface area contributed by atoms with Gasteiger partial charge in [0.25, 0.3) is 0 Å². The Morgan fingerprint density at radius 1 is 0.811 bits per heavy atom. The Hall–Kier alpha value is -4.82. The van der Waals surface area contributed by atoms with Crippen molar-refractivity contribution in [3.8, 4) is 11.3 Å². The molecule has 4 rings (SSSR count). The number of ether oxygens (including phenoxy) is 3. The molecule has 1 aliphatic rings. The van der Waals surface area contributed by atoms with Gasteiger partial charge in [-0.15, -0.1) is 0 Å². The number of aromatic nitrogens is 3. The van der Waals surface area contributed by atoms with Gasteiger partial charge >= 0.3 is 18.2 Å². The zero-order valence-electron chi connectivity index (χ0n) is 32.7. The van der Waals surface area contributed by atoms with Crippen LogP contribution in [0.4, 0.5) is 21.2 Å². The summed E-state index contributed by atoms with van der Waals surface area (Å²) in [6, 6.07) is 13.7. The van der Waals surface area contributed by atoms with E-state index in [1.807, 2.05) is 51.1 Å². The number of hydrogen-bond acceptors (Lipinski definition) is 12. The Morgan fingerprint density at radius 2 is 1.49 bits per heavy atom. The van der Waals surface area contributed by atoms with Gasteiger partial charge in [0.2, 0.25) is 5.95 Å². The zero-order valence-corrected chi connectivity index (χ0v) is 32.7. The molecule has 0 unspecified atom stereocenters. The fourth-order valence-corrected chi connectivity index (χ4v) is 5.41. The van der Waals surface area contributed by atoms with Crippen molar-refractivity contribution in [2.24, 2.45) is 0 Å². The molecule has 1 aromatic carbocycles. The highest BCUT2D eigenvalue weighted by atomic mass is 16.6. The molecule has 2 aromatic heterocycles. The minimum absolute atomic E-state index is 0.180. The maximum Gasteiger partial charge on any atom is 0.410 e. The van der Waals surface area contributed by atoms with Crippen LogP contribution >= 0.6 is 0 Å². The molecule has 1 fully saturated rings. The smallest absolute Gasteiger partial charge is 0.410 e. The van der Waals surface area contributed by atoms with Crippen molar-refractivity contribution in [2.75, 3.05) is 51.1 Å². The molecular weight excluding hydrogens is 676 g/mol. The summed E-state index contributed by atoms with van der Waals surface area (Å²) in [5.74, 6) is 0.266. The van der Waals surface area contributed by atoms with Crippen molar-refractivity contribution in [3.05, 3.63) is 66.1 Å². The number of benzene rings is 1. The normalized spacial score (nSPS) is 14.3. The summed E-state index contributed by atoms with van der Waals surface area (Å²) < 4.78 is 16.4. The predicted octanol–water partition coefficient (Wildman–Crippen LogP) is 6.00. The van der Waals surface area contributed by atoms with Crippen molar-refractivity contribution in [1.29, 1.82) is 0 Å². The minimum Gasteiger partial charge on any atom is -0.459 e. The largest absolute Gasteiger partial charge is 0.459 e. The Balaban J connectivity index is 1.33. The zero-order chi connectivity index (χ0) is 38.8. The van der Waals surface area contributed by atoms with Gasteiger partial charge in [-0.25, -0.2) is 19.6 Å². The minimum atomic E-state index is -0.688. The first-order valence-corrected chi connectivity index (χ1v) is 18.1. The van der Waals surface area contributed by atoms with Crippen LogP contribution in [0.1, 0.15) is 73.6 Å². The third-order valence-corrected chi connectivity index (χ3v) is 7.66. The van der Waals surface area contributed by atoms with E-state index < -0.39 is 29.0 Å². The maximum absolute atomic E-state index is 13.0. The van der Waals surface area contributed by atoms with Gasteiger partial charge in [-0.1, -0.05) is 12.1 Å². The molecule has 0 saturated carbocycles. The first kappa shape index (κ1) is 40.9. The molecule has 0 bridgehead atoms. The van der Waals surface area contributed by atoms with Gasteiger partial charge in [0, 0.05) is 69.5 Å². The number of nitrogens with zero attached hydrogens (tertiary/aromatic N) is 6. The van der Waals surface area contributed by atoms with E-state index >= 15 is 0 Å². The van der Waals surface area contributed by atoms with E-state index in [1.165, 1.54) is 4.90 Å². The second-order valence-electron chi connectivity index (χ2n) is 16.1. The van der Waals surface area contributed by atoms with Crippen molar-refractivity contribution in [2.45, 2.75) is 92.2 Å². The topological polar surface area (TPSA) is 151 Å². The molecule has 1 saturated heterocycles. The second kappa shape index (κ2) is 17.8. The fourth-order valence-electron chi connectivity index (χ4n) is 5.41. The van der Waals surface area contributed by atoms with Crippen LogP contribution in [0.15, 0.2) is 54.9 Å². The standard InChI is InChI=1S/C39H56N8O6/c1-37(2,3)51-33(48)27-46-21-19-45(20-22-46)25-28-11-10-12-30(23-28)43-34-40-16-15-32(44-34)29-13-14-31(42-24-29)26-47(36(50)53-39(7,8)9)18-17-41-35(49)52-38(4,5)6/h10-16,23-24H,17-22,25-27H2,1-9H3,(H,41,49)(H,40,43,44). The van der Waals surface area contributed by atoms with Crippen molar-refractivity contribution < 1.29 is 28.6 Å². The molecule has 0 atom stereocenters. The highest BCUT2D eigenvalue weighted by molar-refractivity contribution is 5.72. The average molecular weight is 733 g/mol.